The van der Waals surface area contributed by atoms with Crippen molar-refractivity contribution in [3.05, 3.63) is 35.9 Å². The van der Waals surface area contributed by atoms with Crippen molar-refractivity contribution in [3.63, 3.8) is 0 Å². The molecule has 2 rings (SSSR count). The molecular formula is C24H40N2O4Si. The zero-order valence-corrected chi connectivity index (χ0v) is 21.5. The Kier molecular flexibility index (Phi) is 7.98. The molecule has 6 nitrogen and oxygen atoms in total. The van der Waals surface area contributed by atoms with E-state index in [1.54, 1.807) is 0 Å². The average Bonchev–Trinajstić information content (AvgIpc) is 2.97. The zero-order chi connectivity index (χ0) is 23.4. The van der Waals surface area contributed by atoms with Gasteiger partial charge in [-0.2, -0.15) is 0 Å². The molecule has 7 heteroatoms. The fraction of sp³-hybridized carbons (Fsp3) is 0.667. The number of hydrogen-bond donors (Lipinski definition) is 1. The van der Waals surface area contributed by atoms with E-state index in [0.29, 0.717) is 26.1 Å². The van der Waals surface area contributed by atoms with Crippen LogP contribution in [0.5, 0.6) is 0 Å². The van der Waals surface area contributed by atoms with Crippen molar-refractivity contribution in [2.75, 3.05) is 13.2 Å². The summed E-state index contributed by atoms with van der Waals surface area (Å²) >= 11 is 0. The van der Waals surface area contributed by atoms with Gasteiger partial charge in [0.25, 0.3) is 0 Å². The lowest BCUT2D eigenvalue weighted by Gasteiger charge is -2.38. The van der Waals surface area contributed by atoms with Crippen molar-refractivity contribution in [3.8, 4) is 0 Å². The summed E-state index contributed by atoms with van der Waals surface area (Å²) in [5, 5.41) is 3.07. The molecule has 1 fully saturated rings. The van der Waals surface area contributed by atoms with Gasteiger partial charge in [0.05, 0.1) is 12.6 Å². The third-order valence-corrected chi connectivity index (χ3v) is 10.7. The minimum Gasteiger partial charge on any atom is -0.444 e. The van der Waals surface area contributed by atoms with Gasteiger partial charge in [0.1, 0.15) is 5.60 Å². The van der Waals surface area contributed by atoms with Crippen molar-refractivity contribution in [1.82, 2.24) is 10.2 Å². The number of benzene rings is 1. The molecule has 1 aliphatic heterocycles. The highest BCUT2D eigenvalue weighted by Gasteiger charge is 2.41. The van der Waals surface area contributed by atoms with Crippen molar-refractivity contribution in [1.29, 1.82) is 0 Å². The van der Waals surface area contributed by atoms with Gasteiger partial charge >= 0.3 is 6.09 Å². The summed E-state index contributed by atoms with van der Waals surface area (Å²) in [5.74, 6) is 0.0886. The minimum absolute atomic E-state index is 0.0199. The molecular weight excluding hydrogens is 408 g/mol. The van der Waals surface area contributed by atoms with Gasteiger partial charge in [-0.1, -0.05) is 51.1 Å². The highest BCUT2D eigenvalue weighted by Crippen LogP contribution is 2.37. The molecule has 1 aliphatic rings. The Morgan fingerprint density at radius 3 is 2.32 bits per heavy atom. The molecule has 0 bridgehead atoms. The van der Waals surface area contributed by atoms with Crippen molar-refractivity contribution in [2.45, 2.75) is 84.3 Å². The molecule has 2 amide bonds. The fourth-order valence-corrected chi connectivity index (χ4v) is 4.33. The predicted octanol–water partition coefficient (Wildman–Crippen LogP) is 4.95. The molecule has 2 atom stereocenters. The van der Waals surface area contributed by atoms with E-state index in [0.717, 1.165) is 5.56 Å². The molecule has 0 aromatic heterocycles. The van der Waals surface area contributed by atoms with Crippen LogP contribution in [0.15, 0.2) is 30.3 Å². The van der Waals surface area contributed by atoms with E-state index < -0.39 is 20.0 Å². The van der Waals surface area contributed by atoms with Crippen LogP contribution in [0.2, 0.25) is 18.1 Å². The van der Waals surface area contributed by atoms with Crippen LogP contribution in [-0.4, -0.2) is 50.0 Å². The number of rotatable bonds is 7. The second-order valence-corrected chi connectivity index (χ2v) is 15.9. The molecule has 0 radical (unpaired) electrons. The van der Waals surface area contributed by atoms with Crippen LogP contribution in [-0.2, 0) is 20.5 Å². The highest BCUT2D eigenvalue weighted by atomic mass is 28.4. The SMILES string of the molecule is CC(C)(C)OC(=O)NC(CO[Si](C)(C)C(C)(C)C)[C@H]1CC(=O)N(Cc2ccccc2)C1. The number of alkyl carbamates (subject to hydrolysis) is 1. The molecule has 0 aliphatic carbocycles. The summed E-state index contributed by atoms with van der Waals surface area (Å²) in [5.41, 5.74) is 0.519. The van der Waals surface area contributed by atoms with E-state index in [1.807, 2.05) is 56.0 Å². The van der Waals surface area contributed by atoms with Crippen molar-refractivity contribution >= 4 is 20.3 Å². The number of likely N-dealkylation sites (tertiary alicyclic amines) is 1. The first-order valence-electron chi connectivity index (χ1n) is 11.1. The lowest BCUT2D eigenvalue weighted by atomic mass is 9.99. The van der Waals surface area contributed by atoms with E-state index >= 15 is 0 Å². The first kappa shape index (κ1) is 25.4. The van der Waals surface area contributed by atoms with Crippen LogP contribution < -0.4 is 5.32 Å². The van der Waals surface area contributed by atoms with Crippen LogP contribution >= 0.6 is 0 Å². The van der Waals surface area contributed by atoms with Crippen molar-refractivity contribution < 1.29 is 18.8 Å². The third kappa shape index (κ3) is 7.65. The maximum atomic E-state index is 12.7. The van der Waals surface area contributed by atoms with E-state index in [2.05, 4.69) is 39.2 Å². The number of nitrogens with one attached hydrogen (secondary N) is 1. The Bertz CT molecular complexity index is 753. The molecule has 174 valence electrons. The Morgan fingerprint density at radius 2 is 1.77 bits per heavy atom. The average molecular weight is 449 g/mol. The number of carbonyl (C=O) groups is 2. The lowest BCUT2D eigenvalue weighted by molar-refractivity contribution is -0.128. The van der Waals surface area contributed by atoms with Gasteiger partial charge in [-0.15, -0.1) is 0 Å². The number of ether oxygens (including phenoxy) is 1. The number of hydrogen-bond acceptors (Lipinski definition) is 4. The fourth-order valence-electron chi connectivity index (χ4n) is 3.30. The largest absolute Gasteiger partial charge is 0.444 e. The molecule has 31 heavy (non-hydrogen) atoms. The molecule has 1 N–H and O–H groups in total. The van der Waals surface area contributed by atoms with E-state index in [9.17, 15) is 9.59 Å². The van der Waals surface area contributed by atoms with Crippen LogP contribution in [0, 0.1) is 5.92 Å². The van der Waals surface area contributed by atoms with E-state index in [1.165, 1.54) is 0 Å². The summed E-state index contributed by atoms with van der Waals surface area (Å²) in [6.07, 6.45) is -0.0703. The molecule has 1 heterocycles. The first-order valence-corrected chi connectivity index (χ1v) is 14.0. The smallest absolute Gasteiger partial charge is 0.407 e. The number of nitrogens with zero attached hydrogens (tertiary/aromatic N) is 1. The van der Waals surface area contributed by atoms with Crippen LogP contribution in [0.4, 0.5) is 4.79 Å². The van der Waals surface area contributed by atoms with E-state index in [4.69, 9.17) is 9.16 Å². The summed E-state index contributed by atoms with van der Waals surface area (Å²) in [4.78, 5) is 27.1. The maximum absolute atomic E-state index is 12.7. The quantitative estimate of drug-likeness (QED) is 0.599. The van der Waals surface area contributed by atoms with Crippen LogP contribution in [0.3, 0.4) is 0 Å². The van der Waals surface area contributed by atoms with Crippen LogP contribution in [0.25, 0.3) is 0 Å². The Labute approximate surface area is 188 Å². The predicted molar refractivity (Wildman–Crippen MR) is 126 cm³/mol. The number of carbonyl (C=O) groups excluding carboxylic acids is 2. The topological polar surface area (TPSA) is 67.9 Å². The second kappa shape index (κ2) is 9.73. The molecule has 1 aromatic carbocycles. The summed E-state index contributed by atoms with van der Waals surface area (Å²) in [6.45, 7) is 18.0. The summed E-state index contributed by atoms with van der Waals surface area (Å²) in [6, 6.07) is 9.70. The number of amides is 2. The second-order valence-electron chi connectivity index (χ2n) is 11.0. The molecule has 1 unspecified atom stereocenters. The van der Waals surface area contributed by atoms with Crippen LogP contribution in [0.1, 0.15) is 53.5 Å². The highest BCUT2D eigenvalue weighted by molar-refractivity contribution is 6.74. The van der Waals surface area contributed by atoms with Gasteiger partial charge in [-0.25, -0.2) is 4.79 Å². The monoisotopic (exact) mass is 448 g/mol. The summed E-state index contributed by atoms with van der Waals surface area (Å²) in [7, 11) is -2.00. The normalized spacial score (nSPS) is 18.8. The van der Waals surface area contributed by atoms with Gasteiger partial charge in [0, 0.05) is 25.4 Å². The lowest BCUT2D eigenvalue weighted by Crippen LogP contribution is -2.50. The van der Waals surface area contributed by atoms with Gasteiger partial charge < -0.3 is 19.4 Å². The molecule has 0 saturated carbocycles. The standard InChI is InChI=1S/C24H40N2O4Si/c1-23(2,3)30-22(28)25-20(17-29-31(7,8)24(4,5)6)19-14-21(27)26(16-19)15-18-12-10-9-11-13-18/h9-13,19-20H,14-17H2,1-8H3,(H,25,28)/t19-,20?/m0/s1. The van der Waals surface area contributed by atoms with Crippen molar-refractivity contribution in [2.24, 2.45) is 5.92 Å². The first-order chi connectivity index (χ1) is 14.2. The minimum atomic E-state index is -2.00. The Morgan fingerprint density at radius 1 is 1.16 bits per heavy atom. The van der Waals surface area contributed by atoms with Gasteiger partial charge in [-0.3, -0.25) is 4.79 Å². The zero-order valence-electron chi connectivity index (χ0n) is 20.5. The maximum Gasteiger partial charge on any atom is 0.407 e. The molecule has 0 spiro atoms. The van der Waals surface area contributed by atoms with E-state index in [-0.39, 0.29) is 22.9 Å². The molecule has 1 saturated heterocycles. The molecule has 1 aromatic rings. The van der Waals surface area contributed by atoms with Gasteiger partial charge in [0.2, 0.25) is 5.91 Å². The third-order valence-electron chi connectivity index (χ3n) is 6.16. The summed E-state index contributed by atoms with van der Waals surface area (Å²) < 4.78 is 11.9. The Balaban J connectivity index is 2.11. The van der Waals surface area contributed by atoms with Gasteiger partial charge in [-0.05, 0) is 44.5 Å². The Hall–Kier alpha value is -1.86. The van der Waals surface area contributed by atoms with Gasteiger partial charge in [0.15, 0.2) is 8.32 Å².